The number of nitrogens with zero attached hydrogens (tertiary/aromatic N) is 5. The van der Waals surface area contributed by atoms with E-state index in [0.29, 0.717) is 24.6 Å². The molecule has 10 heteroatoms. The minimum atomic E-state index is -0.954. The van der Waals surface area contributed by atoms with E-state index in [0.717, 1.165) is 51.6 Å². The number of aromatic nitrogens is 2. The first kappa shape index (κ1) is 30.2. The zero-order valence-electron chi connectivity index (χ0n) is 24.6. The number of carbonyl (C=O) groups is 2. The minimum absolute atomic E-state index is 0.0100. The zero-order chi connectivity index (χ0) is 29.2. The summed E-state index contributed by atoms with van der Waals surface area (Å²) >= 11 is 0. The van der Waals surface area contributed by atoms with Crippen molar-refractivity contribution in [2.45, 2.75) is 64.3 Å². The summed E-state index contributed by atoms with van der Waals surface area (Å²) in [4.78, 5) is 36.7. The molecule has 2 aliphatic heterocycles. The van der Waals surface area contributed by atoms with Gasteiger partial charge in [0.1, 0.15) is 11.9 Å². The van der Waals surface area contributed by atoms with Crippen molar-refractivity contribution >= 4 is 29.7 Å². The second-order valence-corrected chi connectivity index (χ2v) is 11.2. The molecule has 0 fully saturated rings. The lowest BCUT2D eigenvalue weighted by Gasteiger charge is -2.25. The highest BCUT2D eigenvalue weighted by atomic mass is 16.4. The fourth-order valence-electron chi connectivity index (χ4n) is 5.22. The molecule has 0 saturated heterocycles. The maximum Gasteiger partial charge on any atom is 0.333 e. The molecule has 0 aromatic carbocycles. The molecular formula is C31H44N7O3+. The molecule has 3 heterocycles. The van der Waals surface area contributed by atoms with Crippen LogP contribution in [0, 0.1) is 0 Å². The topological polar surface area (TPSA) is 114 Å². The highest BCUT2D eigenvalue weighted by molar-refractivity contribution is 5.78. The molecule has 220 valence electrons. The second kappa shape index (κ2) is 14.7. The quantitative estimate of drug-likeness (QED) is 0.232. The normalized spacial score (nSPS) is 19.8. The van der Waals surface area contributed by atoms with E-state index in [1.54, 1.807) is 25.1 Å². The van der Waals surface area contributed by atoms with Gasteiger partial charge in [-0.2, -0.15) is 4.98 Å². The van der Waals surface area contributed by atoms with Crippen molar-refractivity contribution in [3.05, 3.63) is 59.2 Å². The molecule has 41 heavy (non-hydrogen) atoms. The van der Waals surface area contributed by atoms with Gasteiger partial charge in [0, 0.05) is 39.0 Å². The molecule has 0 bridgehead atoms. The Hall–Kier alpha value is -3.79. The van der Waals surface area contributed by atoms with Gasteiger partial charge in [-0.15, -0.1) is 0 Å². The number of rotatable bonds is 14. The smallest absolute Gasteiger partial charge is 0.333 e. The van der Waals surface area contributed by atoms with E-state index in [1.807, 2.05) is 23.1 Å². The number of hydrogen-bond acceptors (Lipinski definition) is 7. The van der Waals surface area contributed by atoms with Crippen LogP contribution < -0.4 is 10.6 Å². The van der Waals surface area contributed by atoms with Gasteiger partial charge in [0.2, 0.25) is 12.2 Å². The molecule has 10 nitrogen and oxygen atoms in total. The third-order valence-corrected chi connectivity index (χ3v) is 7.93. The average Bonchev–Trinajstić information content (AvgIpc) is 2.91. The SMILES string of the molecule is C/C1=C(CCCCN(CC[C@H](Nc2cc([N+]3=CC=C3)ncn2)C(=O)O)CC(=O)N(C)C)\C=C/C2=C(CC1)NCCC2. The van der Waals surface area contributed by atoms with Crippen molar-refractivity contribution in [1.29, 1.82) is 0 Å². The third kappa shape index (κ3) is 8.85. The third-order valence-electron chi connectivity index (χ3n) is 7.93. The molecule has 1 atom stereocenters. The maximum absolute atomic E-state index is 12.6. The summed E-state index contributed by atoms with van der Waals surface area (Å²) in [5.74, 6) is 0.180. The van der Waals surface area contributed by atoms with Crippen molar-refractivity contribution in [1.82, 2.24) is 25.1 Å². The Bertz CT molecular complexity index is 1260. The predicted molar refractivity (Wildman–Crippen MR) is 161 cm³/mol. The molecule has 1 aromatic heterocycles. The maximum atomic E-state index is 12.6. The number of hydrogen-bond donors (Lipinski definition) is 3. The Morgan fingerprint density at radius 2 is 1.98 bits per heavy atom. The Balaban J connectivity index is 1.32. The van der Waals surface area contributed by atoms with Gasteiger partial charge in [-0.25, -0.2) is 9.37 Å². The van der Waals surface area contributed by atoms with Crippen LogP contribution >= 0.6 is 0 Å². The van der Waals surface area contributed by atoms with Gasteiger partial charge in [-0.1, -0.05) is 17.7 Å². The summed E-state index contributed by atoms with van der Waals surface area (Å²) in [6.45, 7) is 4.80. The summed E-state index contributed by atoms with van der Waals surface area (Å²) < 4.78 is 1.84. The van der Waals surface area contributed by atoms with Gasteiger partial charge in [0.15, 0.2) is 0 Å². The van der Waals surface area contributed by atoms with E-state index in [4.69, 9.17) is 0 Å². The van der Waals surface area contributed by atoms with Crippen LogP contribution in [-0.4, -0.2) is 93.9 Å². The lowest BCUT2D eigenvalue weighted by atomic mass is 9.91. The van der Waals surface area contributed by atoms with Crippen molar-refractivity contribution < 1.29 is 19.3 Å². The van der Waals surface area contributed by atoms with Crippen LogP contribution in [0.3, 0.4) is 0 Å². The summed E-state index contributed by atoms with van der Waals surface area (Å²) in [5.41, 5.74) is 5.73. The Labute approximate surface area is 243 Å². The number of amides is 1. The lowest BCUT2D eigenvalue weighted by molar-refractivity contribution is -0.369. The number of anilines is 1. The molecule has 3 N–H and O–H groups in total. The molecule has 0 spiro atoms. The van der Waals surface area contributed by atoms with Gasteiger partial charge in [-0.3, -0.25) is 9.69 Å². The van der Waals surface area contributed by atoms with Crippen LogP contribution in [-0.2, 0) is 9.59 Å². The Morgan fingerprint density at radius 1 is 1.15 bits per heavy atom. The number of allylic oxidation sites excluding steroid dienone is 7. The van der Waals surface area contributed by atoms with Crippen LogP contribution in [0.4, 0.5) is 11.6 Å². The van der Waals surface area contributed by atoms with Crippen molar-refractivity contribution in [2.24, 2.45) is 0 Å². The standard InChI is InChI=1S/C31H43N7O3/c1-23-10-13-26-25(9-6-15-32-26)12-11-24(23)8-4-5-16-37(21-30(39)36(2)3)19-14-27(31(40)41)35-28-20-29(34-22-33-28)38-17-7-18-38/h7,11-12,17-18,20,22,27,32H,4-6,8-10,13-16,19,21H2,1-3H3,(H-,33,34,35,40,41)/p+1/b12-11-,24-23+/t27-/m0/s1. The van der Waals surface area contributed by atoms with Crippen LogP contribution in [0.15, 0.2) is 59.2 Å². The zero-order valence-corrected chi connectivity index (χ0v) is 24.6. The van der Waals surface area contributed by atoms with Crippen molar-refractivity contribution in [3.8, 4) is 0 Å². The first-order chi connectivity index (χ1) is 19.8. The number of nitrogens with one attached hydrogen (secondary N) is 2. The molecule has 1 amide bonds. The summed E-state index contributed by atoms with van der Waals surface area (Å²) in [7, 11) is 3.50. The molecular weight excluding hydrogens is 518 g/mol. The molecule has 0 saturated carbocycles. The molecule has 1 aromatic rings. The fraction of sp³-hybridized carbons (Fsp3) is 0.516. The van der Waals surface area contributed by atoms with E-state index in [9.17, 15) is 14.7 Å². The summed E-state index contributed by atoms with van der Waals surface area (Å²) in [6.07, 6.45) is 19.5. The second-order valence-electron chi connectivity index (χ2n) is 11.2. The summed E-state index contributed by atoms with van der Waals surface area (Å²) in [5, 5.41) is 16.5. The fourth-order valence-corrected chi connectivity index (χ4v) is 5.22. The highest BCUT2D eigenvalue weighted by Gasteiger charge is 2.22. The lowest BCUT2D eigenvalue weighted by Crippen LogP contribution is -2.40. The summed E-state index contributed by atoms with van der Waals surface area (Å²) in [6, 6.07) is 0.887. The average molecular weight is 563 g/mol. The Morgan fingerprint density at radius 3 is 2.71 bits per heavy atom. The Kier molecular flexibility index (Phi) is 10.8. The van der Waals surface area contributed by atoms with E-state index in [2.05, 4.69) is 44.6 Å². The van der Waals surface area contributed by atoms with Crippen molar-refractivity contribution in [3.63, 3.8) is 0 Å². The van der Waals surface area contributed by atoms with Gasteiger partial charge in [-0.05, 0) is 81.0 Å². The molecule has 0 radical (unpaired) electrons. The highest BCUT2D eigenvalue weighted by Crippen LogP contribution is 2.28. The van der Waals surface area contributed by atoms with E-state index in [-0.39, 0.29) is 12.5 Å². The first-order valence-electron chi connectivity index (χ1n) is 14.7. The molecule has 4 rings (SSSR count). The van der Waals surface area contributed by atoms with Gasteiger partial charge < -0.3 is 20.6 Å². The number of carboxylic acid groups (broad SMARTS) is 1. The minimum Gasteiger partial charge on any atom is -0.480 e. The number of likely N-dealkylation sites (N-methyl/N-ethyl adjacent to an activating group) is 1. The molecule has 0 unspecified atom stereocenters. The predicted octanol–water partition coefficient (Wildman–Crippen LogP) is 3.84. The van der Waals surface area contributed by atoms with Gasteiger partial charge in [0.25, 0.3) is 0 Å². The number of aliphatic carboxylic acids is 1. The number of carbonyl (C=O) groups excluding carboxylic acids is 1. The number of carboxylic acids is 1. The van der Waals surface area contributed by atoms with Gasteiger partial charge >= 0.3 is 11.8 Å². The van der Waals surface area contributed by atoms with Crippen molar-refractivity contribution in [2.75, 3.05) is 45.6 Å². The van der Waals surface area contributed by atoms with E-state index >= 15 is 0 Å². The van der Waals surface area contributed by atoms with Gasteiger partial charge in [0.05, 0.1) is 25.0 Å². The van der Waals surface area contributed by atoms with Crippen LogP contribution in [0.2, 0.25) is 0 Å². The molecule has 1 aliphatic carbocycles. The largest absolute Gasteiger partial charge is 0.480 e. The van der Waals surface area contributed by atoms with E-state index in [1.165, 1.54) is 35.2 Å². The molecule has 3 aliphatic rings. The van der Waals surface area contributed by atoms with Crippen LogP contribution in [0.25, 0.3) is 0 Å². The monoisotopic (exact) mass is 562 g/mol. The van der Waals surface area contributed by atoms with Crippen LogP contribution in [0.1, 0.15) is 58.3 Å². The first-order valence-corrected chi connectivity index (χ1v) is 14.7. The van der Waals surface area contributed by atoms with E-state index < -0.39 is 12.0 Å². The number of unbranched alkanes of at least 4 members (excludes halogenated alkanes) is 1. The van der Waals surface area contributed by atoms with Crippen LogP contribution in [0.5, 0.6) is 0 Å².